The molecule has 0 radical (unpaired) electrons. The lowest BCUT2D eigenvalue weighted by Crippen LogP contribution is -2.21. The summed E-state index contributed by atoms with van der Waals surface area (Å²) in [7, 11) is -3.44. The van der Waals surface area contributed by atoms with Crippen molar-refractivity contribution in [2.24, 2.45) is 0 Å². The molecule has 2 rings (SSSR count). The lowest BCUT2D eigenvalue weighted by molar-refractivity contribution is 0.0955. The van der Waals surface area contributed by atoms with Gasteiger partial charge in [0.25, 0.3) is 5.91 Å². The van der Waals surface area contributed by atoms with Crippen LogP contribution in [0.15, 0.2) is 35.2 Å². The fourth-order valence-corrected chi connectivity index (χ4v) is 4.36. The van der Waals surface area contributed by atoms with E-state index >= 15 is 0 Å². The van der Waals surface area contributed by atoms with Crippen molar-refractivity contribution in [3.8, 4) is 0 Å². The first-order valence-electron chi connectivity index (χ1n) is 7.67. The normalized spacial score (nSPS) is 11.5. The van der Waals surface area contributed by atoms with Crippen molar-refractivity contribution < 1.29 is 18.3 Å². The van der Waals surface area contributed by atoms with Crippen LogP contribution in [0.3, 0.4) is 0 Å². The number of thiophene rings is 1. The Morgan fingerprint density at radius 3 is 2.46 bits per heavy atom. The summed E-state index contributed by atoms with van der Waals surface area (Å²) < 4.78 is 23.7. The molecular weight excluding hydrogens is 346 g/mol. The molecule has 1 heterocycles. The summed E-state index contributed by atoms with van der Waals surface area (Å²) in [5.74, 6) is -0.416. The number of hydrogen-bond acceptors (Lipinski definition) is 5. The molecule has 1 aromatic heterocycles. The number of aliphatic hydroxyl groups is 1. The second-order valence-electron chi connectivity index (χ2n) is 5.44. The summed E-state index contributed by atoms with van der Waals surface area (Å²) in [6.07, 6.45) is 0.910. The number of nitrogens with one attached hydrogen (secondary N) is 1. The average Bonchev–Trinajstić information content (AvgIpc) is 2.94. The summed E-state index contributed by atoms with van der Waals surface area (Å²) in [5, 5.41) is 11.6. The van der Waals surface area contributed by atoms with E-state index in [0.717, 1.165) is 17.5 Å². The van der Waals surface area contributed by atoms with Gasteiger partial charge in [-0.3, -0.25) is 4.79 Å². The van der Waals surface area contributed by atoms with Gasteiger partial charge in [0, 0.05) is 11.4 Å². The second kappa shape index (κ2) is 7.92. The molecule has 0 aliphatic rings. The third-order valence-electron chi connectivity index (χ3n) is 3.66. The molecule has 0 aliphatic carbocycles. The maximum Gasteiger partial charge on any atom is 0.261 e. The van der Waals surface area contributed by atoms with Crippen molar-refractivity contribution in [3.05, 3.63) is 51.2 Å². The molecule has 0 atom stereocenters. The zero-order valence-corrected chi connectivity index (χ0v) is 15.3. The van der Waals surface area contributed by atoms with Crippen LogP contribution in [0.25, 0.3) is 0 Å². The molecule has 0 saturated carbocycles. The van der Waals surface area contributed by atoms with E-state index in [9.17, 15) is 13.2 Å². The zero-order chi connectivity index (χ0) is 17.7. The van der Waals surface area contributed by atoms with Gasteiger partial charge in [0.05, 0.1) is 22.1 Å². The fourth-order valence-electron chi connectivity index (χ4n) is 2.30. The van der Waals surface area contributed by atoms with Crippen LogP contribution >= 0.6 is 11.3 Å². The fraction of sp³-hybridized carbons (Fsp3) is 0.353. The summed E-state index contributed by atoms with van der Waals surface area (Å²) >= 11 is 1.50. The molecule has 0 spiro atoms. The number of benzene rings is 1. The van der Waals surface area contributed by atoms with Gasteiger partial charge in [-0.2, -0.15) is 0 Å². The number of hydrogen-bond donors (Lipinski definition) is 2. The molecule has 0 unspecified atom stereocenters. The Balaban J connectivity index is 2.00. The van der Waals surface area contributed by atoms with Gasteiger partial charge < -0.3 is 10.4 Å². The molecule has 24 heavy (non-hydrogen) atoms. The van der Waals surface area contributed by atoms with Crippen molar-refractivity contribution in [3.63, 3.8) is 0 Å². The maximum atomic E-state index is 12.2. The maximum absolute atomic E-state index is 12.2. The number of carbonyl (C=O) groups excluding carboxylic acids is 1. The predicted molar refractivity (Wildman–Crippen MR) is 95.2 cm³/mol. The zero-order valence-electron chi connectivity index (χ0n) is 13.7. The average molecular weight is 367 g/mol. The van der Waals surface area contributed by atoms with Crippen molar-refractivity contribution in [2.45, 2.75) is 31.7 Å². The summed E-state index contributed by atoms with van der Waals surface area (Å²) in [6, 6.07) is 8.22. The number of aliphatic hydroxyl groups excluding tert-OH is 1. The van der Waals surface area contributed by atoms with E-state index < -0.39 is 16.4 Å². The van der Waals surface area contributed by atoms with Crippen LogP contribution in [0.1, 0.15) is 32.6 Å². The van der Waals surface area contributed by atoms with Gasteiger partial charge in [-0.1, -0.05) is 19.1 Å². The van der Waals surface area contributed by atoms with Crippen molar-refractivity contribution in [1.82, 2.24) is 5.32 Å². The van der Waals surface area contributed by atoms with Gasteiger partial charge in [-0.15, -0.1) is 11.3 Å². The molecule has 130 valence electrons. The monoisotopic (exact) mass is 367 g/mol. The minimum Gasteiger partial charge on any atom is -0.395 e. The van der Waals surface area contributed by atoms with Gasteiger partial charge in [0.15, 0.2) is 9.84 Å². The quantitative estimate of drug-likeness (QED) is 0.787. The van der Waals surface area contributed by atoms with E-state index in [4.69, 9.17) is 5.11 Å². The number of amides is 1. The molecular formula is C17H21NO4S2. The molecule has 0 bridgehead atoms. The highest BCUT2D eigenvalue weighted by atomic mass is 32.2. The molecule has 5 nitrogen and oxygen atoms in total. The van der Waals surface area contributed by atoms with E-state index in [0.29, 0.717) is 11.4 Å². The van der Waals surface area contributed by atoms with Crippen LogP contribution in [0, 0.1) is 6.92 Å². The first kappa shape index (κ1) is 18.6. The van der Waals surface area contributed by atoms with Crippen LogP contribution in [-0.4, -0.2) is 31.8 Å². The SMILES string of the molecule is CCc1sc(C(=O)NCc2ccc(S(=O)(=O)CCO)cc2)cc1C. The number of carbonyl (C=O) groups is 1. The highest BCUT2D eigenvalue weighted by molar-refractivity contribution is 7.91. The number of aryl methyl sites for hydroxylation is 2. The molecule has 2 aromatic rings. The third kappa shape index (κ3) is 4.43. The number of sulfone groups is 1. The Morgan fingerprint density at radius 1 is 1.25 bits per heavy atom. The summed E-state index contributed by atoms with van der Waals surface area (Å²) in [6.45, 7) is 3.99. The van der Waals surface area contributed by atoms with Crippen LogP contribution in [-0.2, 0) is 22.8 Å². The molecule has 0 aliphatic heterocycles. The van der Waals surface area contributed by atoms with Crippen molar-refractivity contribution >= 4 is 27.1 Å². The van der Waals surface area contributed by atoms with E-state index in [1.165, 1.54) is 28.3 Å². The minimum atomic E-state index is -3.44. The topological polar surface area (TPSA) is 83.5 Å². The summed E-state index contributed by atoms with van der Waals surface area (Å²) in [5.41, 5.74) is 1.95. The standard InChI is InChI=1S/C17H21NO4S2/c1-3-15-12(2)10-16(23-15)17(20)18-11-13-4-6-14(7-5-13)24(21,22)9-8-19/h4-7,10,19H,3,8-9,11H2,1-2H3,(H,18,20). The second-order valence-corrected chi connectivity index (χ2v) is 8.69. The smallest absolute Gasteiger partial charge is 0.261 e. The van der Waals surface area contributed by atoms with E-state index in [1.807, 2.05) is 13.0 Å². The first-order chi connectivity index (χ1) is 11.4. The largest absolute Gasteiger partial charge is 0.395 e. The highest BCUT2D eigenvalue weighted by Crippen LogP contribution is 2.22. The predicted octanol–water partition coefficient (Wildman–Crippen LogP) is 2.31. The van der Waals surface area contributed by atoms with Crippen molar-refractivity contribution in [1.29, 1.82) is 0 Å². The molecule has 7 heteroatoms. The highest BCUT2D eigenvalue weighted by Gasteiger charge is 2.14. The van der Waals surface area contributed by atoms with Crippen molar-refractivity contribution in [2.75, 3.05) is 12.4 Å². The molecule has 1 aromatic carbocycles. The Bertz CT molecular complexity index is 808. The van der Waals surface area contributed by atoms with Crippen LogP contribution in [0.2, 0.25) is 0 Å². The van der Waals surface area contributed by atoms with E-state index in [1.54, 1.807) is 12.1 Å². The lowest BCUT2D eigenvalue weighted by atomic mass is 10.2. The summed E-state index contributed by atoms with van der Waals surface area (Å²) in [4.78, 5) is 14.3. The van der Waals surface area contributed by atoms with Gasteiger partial charge in [0.2, 0.25) is 0 Å². The minimum absolute atomic E-state index is 0.125. The van der Waals surface area contributed by atoms with Gasteiger partial charge in [-0.25, -0.2) is 8.42 Å². The molecule has 0 saturated heterocycles. The molecule has 1 amide bonds. The van der Waals surface area contributed by atoms with Crippen LogP contribution in [0.5, 0.6) is 0 Å². The van der Waals surface area contributed by atoms with Gasteiger partial charge >= 0.3 is 0 Å². The Labute approximate surface area is 146 Å². The van der Waals surface area contributed by atoms with Crippen LogP contribution < -0.4 is 5.32 Å². The lowest BCUT2D eigenvalue weighted by Gasteiger charge is -2.06. The molecule has 2 N–H and O–H groups in total. The Kier molecular flexibility index (Phi) is 6.15. The van der Waals surface area contributed by atoms with E-state index in [-0.39, 0.29) is 16.6 Å². The van der Waals surface area contributed by atoms with Gasteiger partial charge in [0.1, 0.15) is 0 Å². The Hall–Kier alpha value is -1.70. The number of rotatable bonds is 7. The molecule has 0 fully saturated rings. The third-order valence-corrected chi connectivity index (χ3v) is 6.75. The van der Waals surface area contributed by atoms with E-state index in [2.05, 4.69) is 12.2 Å². The van der Waals surface area contributed by atoms with Gasteiger partial charge in [-0.05, 0) is 42.7 Å². The first-order valence-corrected chi connectivity index (χ1v) is 10.1. The Morgan fingerprint density at radius 2 is 1.92 bits per heavy atom. The van der Waals surface area contributed by atoms with Crippen LogP contribution in [0.4, 0.5) is 0 Å².